The van der Waals surface area contributed by atoms with Crippen LogP contribution in [0.1, 0.15) is 25.0 Å². The maximum atomic E-state index is 7.07. The first kappa shape index (κ1) is 28.0. The zero-order chi connectivity index (χ0) is 29.4. The van der Waals surface area contributed by atoms with Gasteiger partial charge in [-0.3, -0.25) is 0 Å². The molecule has 0 radical (unpaired) electrons. The Labute approximate surface area is 261 Å². The van der Waals surface area contributed by atoms with Gasteiger partial charge in [-0.15, -0.1) is 0 Å². The highest BCUT2D eigenvalue weighted by Gasteiger charge is 2.39. The molecular formula is C39H32OP2S. The van der Waals surface area contributed by atoms with Gasteiger partial charge in [-0.2, -0.15) is 0 Å². The minimum Gasteiger partial charge on any atom is -0.456 e. The lowest BCUT2D eigenvalue weighted by Gasteiger charge is -2.38. The standard InChI is InChI=1S/C39H32OP2S/c1-39(2)34-27-26-31(41(29-16-7-3-8-17-29)30-18-9-4-10-19-30)28-36(34)40-38-35(39)24-15-25-37(38)42(43,32-20-11-5-12-21-32)33-22-13-6-14-23-33/h3-28H,1-2H3. The number of hydrogen-bond acceptors (Lipinski definition) is 2. The maximum Gasteiger partial charge on any atom is 0.140 e. The van der Waals surface area contributed by atoms with Gasteiger partial charge in [0.15, 0.2) is 0 Å². The van der Waals surface area contributed by atoms with Crippen molar-refractivity contribution >= 4 is 57.6 Å². The second-order valence-corrected chi connectivity index (χ2v) is 17.9. The van der Waals surface area contributed by atoms with Crippen LogP contribution < -0.4 is 36.6 Å². The van der Waals surface area contributed by atoms with Gasteiger partial charge in [0.2, 0.25) is 0 Å². The average molecular weight is 611 g/mol. The van der Waals surface area contributed by atoms with E-state index in [1.54, 1.807) is 0 Å². The zero-order valence-corrected chi connectivity index (χ0v) is 26.8. The third-order valence-electron chi connectivity index (χ3n) is 8.38. The quantitative estimate of drug-likeness (QED) is 0.179. The van der Waals surface area contributed by atoms with Crippen molar-refractivity contribution in [3.63, 3.8) is 0 Å². The number of rotatable bonds is 6. The predicted molar refractivity (Wildman–Crippen MR) is 190 cm³/mol. The fraction of sp³-hybridized carbons (Fsp3) is 0.0769. The molecule has 1 aliphatic rings. The first-order valence-electron chi connectivity index (χ1n) is 14.6. The van der Waals surface area contributed by atoms with Crippen molar-refractivity contribution in [2.45, 2.75) is 19.3 Å². The Hall–Kier alpha value is -3.80. The summed E-state index contributed by atoms with van der Waals surface area (Å²) in [7, 11) is -0.756. The molecule has 1 heterocycles. The van der Waals surface area contributed by atoms with E-state index in [0.717, 1.165) is 16.8 Å². The van der Waals surface area contributed by atoms with Gasteiger partial charge >= 0.3 is 0 Å². The summed E-state index contributed by atoms with van der Waals surface area (Å²) in [5.41, 5.74) is 2.12. The minimum absolute atomic E-state index is 0.257. The molecule has 0 N–H and O–H groups in total. The van der Waals surface area contributed by atoms with Gasteiger partial charge < -0.3 is 4.74 Å². The summed E-state index contributed by atoms with van der Waals surface area (Å²) in [5, 5.41) is 7.36. The summed E-state index contributed by atoms with van der Waals surface area (Å²) >= 11 is 6.79. The fourth-order valence-corrected chi connectivity index (χ4v) is 12.4. The fourth-order valence-electron chi connectivity index (χ4n) is 6.18. The van der Waals surface area contributed by atoms with Crippen LogP contribution in [0.4, 0.5) is 0 Å². The Morgan fingerprint density at radius 2 is 1.05 bits per heavy atom. The van der Waals surface area contributed by atoms with E-state index in [0.29, 0.717) is 0 Å². The molecule has 1 nitrogen and oxygen atoms in total. The highest BCUT2D eigenvalue weighted by Crippen LogP contribution is 2.53. The molecule has 0 aromatic heterocycles. The monoisotopic (exact) mass is 610 g/mol. The van der Waals surface area contributed by atoms with Crippen LogP contribution >= 0.6 is 14.0 Å². The number of para-hydroxylation sites is 1. The van der Waals surface area contributed by atoms with Crippen molar-refractivity contribution in [1.82, 2.24) is 0 Å². The van der Waals surface area contributed by atoms with Gasteiger partial charge in [0, 0.05) is 27.9 Å². The van der Waals surface area contributed by atoms with E-state index < -0.39 is 14.0 Å². The number of benzene rings is 6. The van der Waals surface area contributed by atoms with E-state index in [2.05, 4.69) is 172 Å². The molecule has 7 rings (SSSR count). The topological polar surface area (TPSA) is 9.23 Å². The highest BCUT2D eigenvalue weighted by atomic mass is 32.4. The molecule has 0 bridgehead atoms. The molecule has 0 aliphatic carbocycles. The lowest BCUT2D eigenvalue weighted by Crippen LogP contribution is -2.32. The van der Waals surface area contributed by atoms with Crippen LogP contribution in [-0.4, -0.2) is 0 Å². The Balaban J connectivity index is 1.42. The molecule has 210 valence electrons. The number of ether oxygens (including phenoxy) is 1. The molecule has 0 unspecified atom stereocenters. The van der Waals surface area contributed by atoms with E-state index in [1.165, 1.54) is 37.6 Å². The van der Waals surface area contributed by atoms with Crippen LogP contribution in [0.15, 0.2) is 158 Å². The van der Waals surface area contributed by atoms with Crippen molar-refractivity contribution in [2.75, 3.05) is 0 Å². The molecule has 43 heavy (non-hydrogen) atoms. The normalized spacial score (nSPS) is 13.6. The SMILES string of the molecule is CC1(C)c2ccc(P(c3ccccc3)c3ccccc3)cc2Oc2c1cccc2P(=S)(c1ccccc1)c1ccccc1. The van der Waals surface area contributed by atoms with E-state index in [4.69, 9.17) is 16.5 Å². The van der Waals surface area contributed by atoms with Crippen molar-refractivity contribution in [3.05, 3.63) is 169 Å². The van der Waals surface area contributed by atoms with Crippen LogP contribution in [0, 0.1) is 0 Å². The second kappa shape index (κ2) is 11.4. The van der Waals surface area contributed by atoms with Crippen molar-refractivity contribution in [2.24, 2.45) is 0 Å². The third kappa shape index (κ3) is 4.89. The Morgan fingerprint density at radius 1 is 0.535 bits per heavy atom. The molecule has 1 aliphatic heterocycles. The Kier molecular flexibility index (Phi) is 7.40. The maximum absolute atomic E-state index is 7.07. The average Bonchev–Trinajstić information content (AvgIpc) is 3.06. The van der Waals surface area contributed by atoms with E-state index >= 15 is 0 Å². The second-order valence-electron chi connectivity index (χ2n) is 11.3. The van der Waals surface area contributed by atoms with E-state index in [9.17, 15) is 0 Å². The van der Waals surface area contributed by atoms with Crippen molar-refractivity contribution < 1.29 is 4.74 Å². The lowest BCUT2D eigenvalue weighted by atomic mass is 9.76. The van der Waals surface area contributed by atoms with Crippen LogP contribution in [0.2, 0.25) is 0 Å². The van der Waals surface area contributed by atoms with Gasteiger partial charge in [0.05, 0.1) is 0 Å². The molecular weight excluding hydrogens is 578 g/mol. The molecule has 6 aromatic carbocycles. The lowest BCUT2D eigenvalue weighted by molar-refractivity contribution is 0.422. The first-order valence-corrected chi connectivity index (χ1v) is 18.7. The van der Waals surface area contributed by atoms with Gasteiger partial charge in [-0.05, 0) is 46.6 Å². The molecule has 0 spiro atoms. The van der Waals surface area contributed by atoms with Crippen LogP contribution in [0.3, 0.4) is 0 Å². The molecule has 0 saturated carbocycles. The third-order valence-corrected chi connectivity index (χ3v) is 15.7. The van der Waals surface area contributed by atoms with Crippen molar-refractivity contribution in [1.29, 1.82) is 0 Å². The van der Waals surface area contributed by atoms with Gasteiger partial charge in [0.1, 0.15) is 11.5 Å². The van der Waals surface area contributed by atoms with Crippen LogP contribution in [0.25, 0.3) is 0 Å². The number of hydrogen-bond donors (Lipinski definition) is 0. The summed E-state index contributed by atoms with van der Waals surface area (Å²) in [6.45, 7) is 4.62. The number of fused-ring (bicyclic) bond motifs is 2. The zero-order valence-electron chi connectivity index (χ0n) is 24.2. The summed E-state index contributed by atoms with van der Waals surface area (Å²) in [5.74, 6) is 1.83. The summed E-state index contributed by atoms with van der Waals surface area (Å²) in [6, 6.07) is 53.9. The summed E-state index contributed by atoms with van der Waals surface area (Å²) in [6.07, 6.45) is 0. The van der Waals surface area contributed by atoms with Crippen LogP contribution in [0.5, 0.6) is 11.5 Å². The molecule has 0 atom stereocenters. The molecule has 6 aromatic rings. The molecule has 4 heteroatoms. The van der Waals surface area contributed by atoms with Gasteiger partial charge in [-0.25, -0.2) is 0 Å². The van der Waals surface area contributed by atoms with E-state index in [-0.39, 0.29) is 5.41 Å². The predicted octanol–water partition coefficient (Wildman–Crippen LogP) is 7.63. The van der Waals surface area contributed by atoms with Crippen LogP contribution in [-0.2, 0) is 17.2 Å². The van der Waals surface area contributed by atoms with Crippen molar-refractivity contribution in [3.8, 4) is 11.5 Å². The molecule has 0 saturated heterocycles. The largest absolute Gasteiger partial charge is 0.456 e. The van der Waals surface area contributed by atoms with Gasteiger partial charge in [0.25, 0.3) is 0 Å². The minimum atomic E-state index is -2.42. The highest BCUT2D eigenvalue weighted by molar-refractivity contribution is 8.25. The van der Waals surface area contributed by atoms with Gasteiger partial charge in [-0.1, -0.05) is 171 Å². The smallest absolute Gasteiger partial charge is 0.140 e. The summed E-state index contributed by atoms with van der Waals surface area (Å²) < 4.78 is 7.07. The molecule has 0 fully saturated rings. The molecule has 0 amide bonds. The van der Waals surface area contributed by atoms with E-state index in [1.807, 2.05) is 0 Å². The Morgan fingerprint density at radius 3 is 1.58 bits per heavy atom. The Bertz CT molecular complexity index is 1860. The summed E-state index contributed by atoms with van der Waals surface area (Å²) in [4.78, 5) is 0. The first-order chi connectivity index (χ1) is 21.0.